The van der Waals surface area contributed by atoms with Gasteiger partial charge in [0.1, 0.15) is 17.2 Å². The molecule has 3 aromatic rings. The van der Waals surface area contributed by atoms with Crippen LogP contribution in [-0.2, 0) is 0 Å². The summed E-state index contributed by atoms with van der Waals surface area (Å²) in [5.41, 5.74) is 8.17. The number of rotatable bonds is 1. The van der Waals surface area contributed by atoms with Crippen LogP contribution in [0.15, 0.2) is 54.2 Å². The van der Waals surface area contributed by atoms with Crippen LogP contribution in [0.4, 0.5) is 0 Å². The summed E-state index contributed by atoms with van der Waals surface area (Å²) in [5.74, 6) is 0.419. The molecular formula is C18H15N4O+. The van der Waals surface area contributed by atoms with Crippen molar-refractivity contribution in [1.29, 1.82) is 0 Å². The molecule has 1 aliphatic rings. The molecule has 112 valence electrons. The normalized spacial score (nSPS) is 14.0. The Morgan fingerprint density at radius 2 is 1.87 bits per heavy atom. The van der Waals surface area contributed by atoms with Crippen molar-refractivity contribution < 1.29 is 10.2 Å². The van der Waals surface area contributed by atoms with Crippen LogP contribution in [0.2, 0.25) is 0 Å². The lowest BCUT2D eigenvalue weighted by molar-refractivity contribution is -0.111. The Morgan fingerprint density at radius 1 is 1.13 bits per heavy atom. The zero-order valence-corrected chi connectivity index (χ0v) is 12.6. The number of nitrogens with two attached hydrogens (primary N) is 2. The maximum Gasteiger partial charge on any atom is 0.229 e. The molecule has 0 saturated carbocycles. The van der Waals surface area contributed by atoms with E-state index in [9.17, 15) is 4.79 Å². The number of hydrogen-bond acceptors (Lipinski definition) is 3. The van der Waals surface area contributed by atoms with E-state index in [4.69, 9.17) is 11.1 Å². The van der Waals surface area contributed by atoms with Gasteiger partial charge in [-0.2, -0.15) is 0 Å². The highest BCUT2D eigenvalue weighted by atomic mass is 16.1. The monoisotopic (exact) mass is 303 g/mol. The molecule has 0 saturated heterocycles. The summed E-state index contributed by atoms with van der Waals surface area (Å²) < 4.78 is 1.92. The quantitative estimate of drug-likeness (QED) is 0.701. The van der Waals surface area contributed by atoms with Gasteiger partial charge >= 0.3 is 0 Å². The molecule has 4 rings (SSSR count). The average molecular weight is 303 g/mol. The van der Waals surface area contributed by atoms with Gasteiger partial charge < -0.3 is 5.73 Å². The number of allylic oxidation sites excluding steroid dienone is 2. The van der Waals surface area contributed by atoms with Gasteiger partial charge in [-0.1, -0.05) is 36.4 Å². The second-order valence-electron chi connectivity index (χ2n) is 5.57. The fourth-order valence-electron chi connectivity index (χ4n) is 3.09. The Hall–Kier alpha value is -3.21. The number of carbonyl (C=O) groups excluding carboxylic acids is 1. The third-order valence-electron chi connectivity index (χ3n) is 4.11. The van der Waals surface area contributed by atoms with E-state index in [2.05, 4.69) is 4.98 Å². The number of benzene rings is 2. The van der Waals surface area contributed by atoms with Crippen molar-refractivity contribution in [1.82, 2.24) is 9.55 Å². The Labute approximate surface area is 132 Å². The summed E-state index contributed by atoms with van der Waals surface area (Å²) in [5, 5.41) is 8.33. The fourth-order valence-corrected chi connectivity index (χ4v) is 3.09. The highest BCUT2D eigenvalue weighted by molar-refractivity contribution is 6.23. The van der Waals surface area contributed by atoms with Gasteiger partial charge in [-0.05, 0) is 18.4 Å². The number of aryl methyl sites for hydroxylation is 1. The molecule has 1 heterocycles. The maximum atomic E-state index is 12.3. The Bertz CT molecular complexity index is 1020. The van der Waals surface area contributed by atoms with E-state index in [1.165, 1.54) is 6.08 Å². The van der Waals surface area contributed by atoms with Crippen LogP contribution >= 0.6 is 0 Å². The number of Topliss-reactive ketones (excluding diaryl/α,β-unsaturated/α-hetero) is 1. The minimum atomic E-state index is -0.281. The molecule has 0 radical (unpaired) electrons. The lowest BCUT2D eigenvalue weighted by Crippen LogP contribution is -2.43. The van der Waals surface area contributed by atoms with Crippen LogP contribution in [0.3, 0.4) is 0 Å². The third kappa shape index (κ3) is 1.83. The van der Waals surface area contributed by atoms with Gasteiger partial charge in [0, 0.05) is 11.5 Å². The Morgan fingerprint density at radius 3 is 2.70 bits per heavy atom. The number of imidazole rings is 1. The van der Waals surface area contributed by atoms with Crippen molar-refractivity contribution in [2.24, 2.45) is 5.73 Å². The van der Waals surface area contributed by atoms with Crippen molar-refractivity contribution in [3.63, 3.8) is 0 Å². The zero-order valence-electron chi connectivity index (χ0n) is 12.6. The Kier molecular flexibility index (Phi) is 2.72. The van der Waals surface area contributed by atoms with Gasteiger partial charge in [0.05, 0.1) is 11.4 Å². The first-order chi connectivity index (χ1) is 11.1. The molecule has 0 amide bonds. The molecule has 0 bridgehead atoms. The van der Waals surface area contributed by atoms with Gasteiger partial charge in [0.25, 0.3) is 0 Å². The first-order valence-electron chi connectivity index (χ1n) is 7.30. The van der Waals surface area contributed by atoms with Gasteiger partial charge in [0.15, 0.2) is 0 Å². The number of carbonyl (C=O) groups is 1. The van der Waals surface area contributed by atoms with E-state index in [1.54, 1.807) is 0 Å². The highest BCUT2D eigenvalue weighted by Crippen LogP contribution is 2.28. The van der Waals surface area contributed by atoms with Crippen molar-refractivity contribution in [3.05, 3.63) is 71.4 Å². The molecule has 0 unspecified atom stereocenters. The summed E-state index contributed by atoms with van der Waals surface area (Å²) in [7, 11) is 0. The minimum absolute atomic E-state index is 0.123. The summed E-state index contributed by atoms with van der Waals surface area (Å²) >= 11 is 0. The summed E-state index contributed by atoms with van der Waals surface area (Å²) in [6.45, 7) is 1.86. The molecule has 4 N–H and O–H groups in total. The Balaban J connectivity index is 2.08. The minimum Gasteiger partial charge on any atom is -0.395 e. The predicted octanol–water partition coefficient (Wildman–Crippen LogP) is 0.921. The lowest BCUT2D eigenvalue weighted by atomic mass is 10.0. The van der Waals surface area contributed by atoms with Crippen LogP contribution < -0.4 is 11.1 Å². The summed E-state index contributed by atoms with van der Waals surface area (Å²) in [6.07, 6.45) is 1.51. The molecule has 2 aromatic carbocycles. The van der Waals surface area contributed by atoms with Gasteiger partial charge in [-0.3, -0.25) is 14.8 Å². The molecule has 1 aromatic heterocycles. The molecule has 0 fully saturated rings. The lowest BCUT2D eigenvalue weighted by Gasteiger charge is -2.13. The molecule has 5 heteroatoms. The van der Waals surface area contributed by atoms with E-state index >= 15 is 0 Å². The van der Waals surface area contributed by atoms with Crippen molar-refractivity contribution in [3.8, 4) is 5.69 Å². The summed E-state index contributed by atoms with van der Waals surface area (Å²) in [6, 6.07) is 14.1. The smallest absolute Gasteiger partial charge is 0.229 e. The fraction of sp³-hybridized carbons (Fsp3) is 0.0556. The van der Waals surface area contributed by atoms with Gasteiger partial charge in [0.2, 0.25) is 11.5 Å². The van der Waals surface area contributed by atoms with E-state index < -0.39 is 0 Å². The van der Waals surface area contributed by atoms with E-state index in [-0.39, 0.29) is 11.5 Å². The highest BCUT2D eigenvalue weighted by Gasteiger charge is 2.32. The molecule has 5 nitrogen and oxygen atoms in total. The number of ketones is 1. The molecule has 0 atom stereocenters. The zero-order chi connectivity index (χ0) is 16.1. The topological polar surface area (TPSA) is 86.5 Å². The SMILES string of the molecule is Cc1nc2c(n1-c1cccc3ccccc13)C(=[NH2+])C=C(N)C2=O. The standard InChI is InChI=1S/C18H14N4O/c1-10-21-16-17(13(19)9-14(20)18(16)23)22(10)15-8-4-6-11-5-2-3-7-12(11)15/h2-9,19H,20H2,1H3/p+1. The number of aromatic nitrogens is 2. The molecule has 0 spiro atoms. The van der Waals surface area contributed by atoms with Crippen molar-refractivity contribution in [2.75, 3.05) is 0 Å². The van der Waals surface area contributed by atoms with Crippen LogP contribution in [0.5, 0.6) is 0 Å². The van der Waals surface area contributed by atoms with Gasteiger partial charge in [-0.25, -0.2) is 4.98 Å². The van der Waals surface area contributed by atoms with E-state index in [0.717, 1.165) is 16.5 Å². The number of hydrogen-bond donors (Lipinski definition) is 2. The van der Waals surface area contributed by atoms with Crippen LogP contribution in [0.1, 0.15) is 22.0 Å². The second-order valence-corrected chi connectivity index (χ2v) is 5.57. The van der Waals surface area contributed by atoms with E-state index in [0.29, 0.717) is 22.9 Å². The molecule has 1 aliphatic carbocycles. The van der Waals surface area contributed by atoms with Crippen molar-refractivity contribution in [2.45, 2.75) is 6.92 Å². The van der Waals surface area contributed by atoms with Crippen LogP contribution in [0, 0.1) is 6.92 Å². The van der Waals surface area contributed by atoms with Crippen LogP contribution in [-0.4, -0.2) is 21.0 Å². The first-order valence-corrected chi connectivity index (χ1v) is 7.30. The van der Waals surface area contributed by atoms with Crippen LogP contribution in [0.25, 0.3) is 16.5 Å². The van der Waals surface area contributed by atoms with E-state index in [1.807, 2.05) is 54.0 Å². The second kappa shape index (κ2) is 4.64. The average Bonchev–Trinajstić information content (AvgIpc) is 2.90. The molecular weight excluding hydrogens is 288 g/mol. The summed E-state index contributed by atoms with van der Waals surface area (Å²) in [4.78, 5) is 16.7. The molecule has 23 heavy (non-hydrogen) atoms. The van der Waals surface area contributed by atoms with Crippen molar-refractivity contribution >= 4 is 22.3 Å². The first kappa shape index (κ1) is 13.5. The largest absolute Gasteiger partial charge is 0.395 e. The van der Waals surface area contributed by atoms with Gasteiger partial charge in [-0.15, -0.1) is 0 Å². The third-order valence-corrected chi connectivity index (χ3v) is 4.11. The maximum absolute atomic E-state index is 12.3. The number of nitrogens with zero attached hydrogens (tertiary/aromatic N) is 2. The molecule has 0 aliphatic heterocycles. The predicted molar refractivity (Wildman–Crippen MR) is 88.4 cm³/mol. The number of fused-ring (bicyclic) bond motifs is 2.